The van der Waals surface area contributed by atoms with Gasteiger partial charge in [0.25, 0.3) is 0 Å². The van der Waals surface area contributed by atoms with Crippen LogP contribution in [0.2, 0.25) is 0 Å². The standard InChI is InChI=1S/C15H24N2O/c1-10-7-6-8-12(9-10)13(15(3,4)5)17-14(18)11(2)16/h6-9,11,13H,16H2,1-5H3,(H,17,18)/t11-,13?/m1/s1. The van der Waals surface area contributed by atoms with Crippen molar-refractivity contribution < 1.29 is 4.79 Å². The fourth-order valence-electron chi connectivity index (χ4n) is 1.92. The van der Waals surface area contributed by atoms with Gasteiger partial charge in [-0.05, 0) is 24.8 Å². The molecule has 2 atom stereocenters. The van der Waals surface area contributed by atoms with Gasteiger partial charge in [-0.15, -0.1) is 0 Å². The highest BCUT2D eigenvalue weighted by atomic mass is 16.2. The van der Waals surface area contributed by atoms with Gasteiger partial charge in [0.2, 0.25) is 5.91 Å². The lowest BCUT2D eigenvalue weighted by Crippen LogP contribution is -2.44. The molecule has 0 saturated heterocycles. The van der Waals surface area contributed by atoms with Crippen LogP contribution in [0.4, 0.5) is 0 Å². The normalized spacial score (nSPS) is 15.0. The van der Waals surface area contributed by atoms with Crippen LogP contribution in [0, 0.1) is 12.3 Å². The van der Waals surface area contributed by atoms with E-state index >= 15 is 0 Å². The lowest BCUT2D eigenvalue weighted by atomic mass is 9.82. The number of amides is 1. The molecule has 3 N–H and O–H groups in total. The Morgan fingerprint density at radius 1 is 1.33 bits per heavy atom. The topological polar surface area (TPSA) is 55.1 Å². The molecule has 18 heavy (non-hydrogen) atoms. The number of nitrogens with one attached hydrogen (secondary N) is 1. The van der Waals surface area contributed by atoms with E-state index in [1.807, 2.05) is 12.1 Å². The van der Waals surface area contributed by atoms with Crippen LogP contribution in [0.5, 0.6) is 0 Å². The highest BCUT2D eigenvalue weighted by Gasteiger charge is 2.28. The van der Waals surface area contributed by atoms with Crippen molar-refractivity contribution in [1.82, 2.24) is 5.32 Å². The van der Waals surface area contributed by atoms with Gasteiger partial charge in [-0.1, -0.05) is 50.6 Å². The Labute approximate surface area is 110 Å². The van der Waals surface area contributed by atoms with Crippen molar-refractivity contribution in [2.24, 2.45) is 11.1 Å². The molecule has 0 spiro atoms. The zero-order valence-corrected chi connectivity index (χ0v) is 11.9. The third-order valence-corrected chi connectivity index (χ3v) is 2.94. The molecule has 0 radical (unpaired) electrons. The average Bonchev–Trinajstić information content (AvgIpc) is 2.23. The zero-order valence-electron chi connectivity index (χ0n) is 11.9. The predicted octanol–water partition coefficient (Wildman–Crippen LogP) is 2.55. The lowest BCUT2D eigenvalue weighted by molar-refractivity contribution is -0.123. The Kier molecular flexibility index (Phi) is 4.52. The number of hydrogen-bond donors (Lipinski definition) is 2. The van der Waals surface area contributed by atoms with E-state index < -0.39 is 6.04 Å². The summed E-state index contributed by atoms with van der Waals surface area (Å²) in [5, 5.41) is 3.04. The summed E-state index contributed by atoms with van der Waals surface area (Å²) in [6.45, 7) is 10.1. The van der Waals surface area contributed by atoms with Crippen LogP contribution in [0.15, 0.2) is 24.3 Å². The van der Waals surface area contributed by atoms with Gasteiger partial charge >= 0.3 is 0 Å². The van der Waals surface area contributed by atoms with Crippen LogP contribution < -0.4 is 11.1 Å². The smallest absolute Gasteiger partial charge is 0.237 e. The van der Waals surface area contributed by atoms with Crippen molar-refractivity contribution in [2.75, 3.05) is 0 Å². The molecule has 1 unspecified atom stereocenters. The molecule has 0 aliphatic rings. The van der Waals surface area contributed by atoms with Crippen LogP contribution in [0.25, 0.3) is 0 Å². The molecule has 1 aromatic carbocycles. The summed E-state index contributed by atoms with van der Waals surface area (Å²) in [5.74, 6) is -0.114. The van der Waals surface area contributed by atoms with E-state index in [0.29, 0.717) is 0 Å². The van der Waals surface area contributed by atoms with Gasteiger partial charge in [0.15, 0.2) is 0 Å². The van der Waals surface area contributed by atoms with Crippen LogP contribution in [0.3, 0.4) is 0 Å². The molecule has 3 nitrogen and oxygen atoms in total. The van der Waals surface area contributed by atoms with Crippen molar-refractivity contribution in [1.29, 1.82) is 0 Å². The van der Waals surface area contributed by atoms with E-state index in [9.17, 15) is 4.79 Å². The fraction of sp³-hybridized carbons (Fsp3) is 0.533. The zero-order chi connectivity index (χ0) is 13.9. The van der Waals surface area contributed by atoms with E-state index in [-0.39, 0.29) is 17.4 Å². The number of hydrogen-bond acceptors (Lipinski definition) is 2. The summed E-state index contributed by atoms with van der Waals surface area (Å²) in [7, 11) is 0. The Bertz CT molecular complexity index is 419. The Morgan fingerprint density at radius 3 is 2.39 bits per heavy atom. The molecule has 100 valence electrons. The maximum atomic E-state index is 11.8. The second kappa shape index (κ2) is 5.53. The van der Waals surface area contributed by atoms with Gasteiger partial charge in [0.1, 0.15) is 0 Å². The minimum atomic E-state index is -0.486. The number of aryl methyl sites for hydroxylation is 1. The van der Waals surface area contributed by atoms with Gasteiger partial charge in [0, 0.05) is 0 Å². The maximum absolute atomic E-state index is 11.8. The molecule has 3 heteroatoms. The molecule has 0 saturated carbocycles. The molecular formula is C15H24N2O. The van der Waals surface area contributed by atoms with E-state index in [0.717, 1.165) is 5.56 Å². The molecule has 0 fully saturated rings. The second-order valence-electron chi connectivity index (χ2n) is 6.01. The first-order valence-corrected chi connectivity index (χ1v) is 6.34. The van der Waals surface area contributed by atoms with Gasteiger partial charge in [0.05, 0.1) is 12.1 Å². The first-order chi connectivity index (χ1) is 8.21. The molecule has 0 aliphatic heterocycles. The number of carbonyl (C=O) groups excluding carboxylic acids is 1. The van der Waals surface area contributed by atoms with Crippen molar-refractivity contribution in [3.8, 4) is 0 Å². The molecular weight excluding hydrogens is 224 g/mol. The van der Waals surface area contributed by atoms with E-state index in [4.69, 9.17) is 5.73 Å². The maximum Gasteiger partial charge on any atom is 0.237 e. The van der Waals surface area contributed by atoms with Crippen molar-refractivity contribution >= 4 is 5.91 Å². The van der Waals surface area contributed by atoms with Gasteiger partial charge in [-0.3, -0.25) is 4.79 Å². The number of nitrogens with two attached hydrogens (primary N) is 1. The summed E-state index contributed by atoms with van der Waals surface area (Å²) < 4.78 is 0. The van der Waals surface area contributed by atoms with Gasteiger partial charge in [-0.25, -0.2) is 0 Å². The summed E-state index contributed by atoms with van der Waals surface area (Å²) in [4.78, 5) is 11.8. The minimum Gasteiger partial charge on any atom is -0.347 e. The molecule has 1 amide bonds. The number of carbonyl (C=O) groups is 1. The monoisotopic (exact) mass is 248 g/mol. The third-order valence-electron chi connectivity index (χ3n) is 2.94. The van der Waals surface area contributed by atoms with E-state index in [1.54, 1.807) is 6.92 Å². The van der Waals surface area contributed by atoms with Crippen LogP contribution in [-0.4, -0.2) is 11.9 Å². The molecule has 0 bridgehead atoms. The summed E-state index contributed by atoms with van der Waals surface area (Å²) in [5.41, 5.74) is 7.88. The highest BCUT2D eigenvalue weighted by Crippen LogP contribution is 2.33. The highest BCUT2D eigenvalue weighted by molar-refractivity contribution is 5.81. The van der Waals surface area contributed by atoms with Crippen LogP contribution >= 0.6 is 0 Å². The SMILES string of the molecule is Cc1cccc(C(NC(=O)[C@@H](C)N)C(C)(C)C)c1. The van der Waals surface area contributed by atoms with E-state index in [2.05, 4.69) is 45.1 Å². The largest absolute Gasteiger partial charge is 0.347 e. The summed E-state index contributed by atoms with van der Waals surface area (Å²) in [6, 6.07) is 7.70. The van der Waals surface area contributed by atoms with Gasteiger partial charge < -0.3 is 11.1 Å². The lowest BCUT2D eigenvalue weighted by Gasteiger charge is -2.32. The number of rotatable bonds is 3. The average molecular weight is 248 g/mol. The summed E-state index contributed by atoms with van der Waals surface area (Å²) >= 11 is 0. The Balaban J connectivity index is 3.03. The van der Waals surface area contributed by atoms with Gasteiger partial charge in [-0.2, -0.15) is 0 Å². The van der Waals surface area contributed by atoms with Crippen molar-refractivity contribution in [2.45, 2.75) is 46.7 Å². The predicted molar refractivity (Wildman–Crippen MR) is 75.2 cm³/mol. The van der Waals surface area contributed by atoms with Crippen LogP contribution in [0.1, 0.15) is 44.9 Å². The molecule has 1 aromatic rings. The van der Waals surface area contributed by atoms with Crippen molar-refractivity contribution in [3.05, 3.63) is 35.4 Å². The quantitative estimate of drug-likeness (QED) is 0.863. The first kappa shape index (κ1) is 14.7. The van der Waals surface area contributed by atoms with Crippen LogP contribution in [-0.2, 0) is 4.79 Å². The molecule has 1 rings (SSSR count). The Hall–Kier alpha value is -1.35. The Morgan fingerprint density at radius 2 is 1.94 bits per heavy atom. The van der Waals surface area contributed by atoms with Crippen molar-refractivity contribution in [3.63, 3.8) is 0 Å². The molecule has 0 heterocycles. The van der Waals surface area contributed by atoms with E-state index in [1.165, 1.54) is 5.56 Å². The summed E-state index contributed by atoms with van der Waals surface area (Å²) in [6.07, 6.45) is 0. The fourth-order valence-corrected chi connectivity index (χ4v) is 1.92. The second-order valence-corrected chi connectivity index (χ2v) is 6.01. The molecule has 0 aliphatic carbocycles. The first-order valence-electron chi connectivity index (χ1n) is 6.34. The molecule has 0 aromatic heterocycles. The number of benzene rings is 1. The third kappa shape index (κ3) is 3.84. The minimum absolute atomic E-state index is 0.0316.